The summed E-state index contributed by atoms with van der Waals surface area (Å²) in [4.78, 5) is 16.1. The van der Waals surface area contributed by atoms with Crippen LogP contribution in [0.25, 0.3) is 0 Å². The Morgan fingerprint density at radius 3 is 2.54 bits per heavy atom. The molecule has 0 unspecified atom stereocenters. The third-order valence-corrected chi connectivity index (χ3v) is 4.62. The highest BCUT2D eigenvalue weighted by atomic mass is 35.5. The summed E-state index contributed by atoms with van der Waals surface area (Å²) in [5.74, 6) is -1.86. The molecular formula is C19H19ClF2N2O2. The average molecular weight is 381 g/mol. The SMILES string of the molecule is Cc1ccc(Cl)cc1N1CCN(C(=O)COc2ccc(F)cc2F)CC1. The van der Waals surface area contributed by atoms with Crippen molar-refractivity contribution in [3.8, 4) is 5.75 Å². The Bertz CT molecular complexity index is 808. The van der Waals surface area contributed by atoms with Gasteiger partial charge in [-0.2, -0.15) is 0 Å². The Morgan fingerprint density at radius 2 is 1.85 bits per heavy atom. The van der Waals surface area contributed by atoms with Gasteiger partial charge in [-0.3, -0.25) is 4.79 Å². The molecule has 2 aromatic carbocycles. The van der Waals surface area contributed by atoms with Crippen molar-refractivity contribution in [1.82, 2.24) is 4.90 Å². The fourth-order valence-electron chi connectivity index (χ4n) is 2.94. The van der Waals surface area contributed by atoms with Gasteiger partial charge in [-0.1, -0.05) is 17.7 Å². The monoisotopic (exact) mass is 380 g/mol. The number of aryl methyl sites for hydroxylation is 1. The summed E-state index contributed by atoms with van der Waals surface area (Å²) in [7, 11) is 0. The van der Waals surface area contributed by atoms with E-state index < -0.39 is 11.6 Å². The lowest BCUT2D eigenvalue weighted by atomic mass is 10.1. The Labute approximate surface area is 155 Å². The van der Waals surface area contributed by atoms with Crippen LogP contribution in [0.5, 0.6) is 5.75 Å². The van der Waals surface area contributed by atoms with Gasteiger partial charge in [0, 0.05) is 43.0 Å². The number of carbonyl (C=O) groups is 1. The lowest BCUT2D eigenvalue weighted by Crippen LogP contribution is -2.50. The van der Waals surface area contributed by atoms with Crippen LogP contribution in [0.2, 0.25) is 5.02 Å². The van der Waals surface area contributed by atoms with Crippen molar-refractivity contribution in [3.05, 3.63) is 58.6 Å². The molecule has 3 rings (SSSR count). The third kappa shape index (κ3) is 4.25. The number of amides is 1. The van der Waals surface area contributed by atoms with Crippen molar-refractivity contribution < 1.29 is 18.3 Å². The Hall–Kier alpha value is -2.34. The molecular weight excluding hydrogens is 362 g/mol. The van der Waals surface area contributed by atoms with Crippen molar-refractivity contribution in [2.45, 2.75) is 6.92 Å². The molecule has 1 amide bonds. The van der Waals surface area contributed by atoms with Gasteiger partial charge in [0.1, 0.15) is 5.82 Å². The van der Waals surface area contributed by atoms with Crippen molar-refractivity contribution in [2.75, 3.05) is 37.7 Å². The molecule has 0 saturated carbocycles. The first-order valence-electron chi connectivity index (χ1n) is 8.31. The zero-order chi connectivity index (χ0) is 18.7. The van der Waals surface area contributed by atoms with Crippen LogP contribution >= 0.6 is 11.6 Å². The standard InChI is InChI=1S/C19H19ClF2N2O2/c1-13-2-3-14(20)10-17(13)23-6-8-24(9-7-23)19(25)12-26-18-5-4-15(21)11-16(18)22/h2-5,10-11H,6-9,12H2,1H3. The summed E-state index contributed by atoms with van der Waals surface area (Å²) in [5, 5.41) is 0.679. The van der Waals surface area contributed by atoms with E-state index in [1.807, 2.05) is 25.1 Å². The number of piperazine rings is 1. The van der Waals surface area contributed by atoms with E-state index in [2.05, 4.69) is 4.90 Å². The zero-order valence-electron chi connectivity index (χ0n) is 14.3. The number of ether oxygens (including phenoxy) is 1. The molecule has 0 N–H and O–H groups in total. The first-order chi connectivity index (χ1) is 12.4. The van der Waals surface area contributed by atoms with Crippen molar-refractivity contribution in [1.29, 1.82) is 0 Å². The number of hydrogen-bond acceptors (Lipinski definition) is 3. The number of carbonyl (C=O) groups excluding carboxylic acids is 1. The zero-order valence-corrected chi connectivity index (χ0v) is 15.1. The Kier molecular flexibility index (Phi) is 5.61. The number of rotatable bonds is 4. The van der Waals surface area contributed by atoms with Gasteiger partial charge in [0.15, 0.2) is 18.2 Å². The number of nitrogens with zero attached hydrogens (tertiary/aromatic N) is 2. The summed E-state index contributed by atoms with van der Waals surface area (Å²) in [6.07, 6.45) is 0. The maximum Gasteiger partial charge on any atom is 0.260 e. The van der Waals surface area contributed by atoms with E-state index in [1.165, 1.54) is 6.07 Å². The largest absolute Gasteiger partial charge is 0.481 e. The van der Waals surface area contributed by atoms with Crippen LogP contribution in [-0.4, -0.2) is 43.6 Å². The highest BCUT2D eigenvalue weighted by molar-refractivity contribution is 6.30. The smallest absolute Gasteiger partial charge is 0.260 e. The van der Waals surface area contributed by atoms with Crippen molar-refractivity contribution >= 4 is 23.2 Å². The predicted octanol–water partition coefficient (Wildman–Crippen LogP) is 3.65. The molecule has 138 valence electrons. The van der Waals surface area contributed by atoms with E-state index in [0.717, 1.165) is 23.4 Å². The van der Waals surface area contributed by atoms with Gasteiger partial charge in [-0.25, -0.2) is 8.78 Å². The van der Waals surface area contributed by atoms with Crippen molar-refractivity contribution in [3.63, 3.8) is 0 Å². The highest BCUT2D eigenvalue weighted by Gasteiger charge is 2.22. The van der Waals surface area contributed by atoms with Crippen LogP contribution < -0.4 is 9.64 Å². The topological polar surface area (TPSA) is 32.8 Å². The second kappa shape index (κ2) is 7.91. The second-order valence-electron chi connectivity index (χ2n) is 6.16. The summed E-state index contributed by atoms with van der Waals surface area (Å²) in [6, 6.07) is 8.75. The Morgan fingerprint density at radius 1 is 1.12 bits per heavy atom. The van der Waals surface area contributed by atoms with E-state index >= 15 is 0 Å². The number of halogens is 3. The van der Waals surface area contributed by atoms with Gasteiger partial charge in [-0.05, 0) is 36.8 Å². The first kappa shape index (κ1) is 18.5. The van der Waals surface area contributed by atoms with Crippen LogP contribution in [0.4, 0.5) is 14.5 Å². The molecule has 0 radical (unpaired) electrons. The van der Waals surface area contributed by atoms with E-state index in [1.54, 1.807) is 4.90 Å². The van der Waals surface area contributed by atoms with Crippen LogP contribution in [-0.2, 0) is 4.79 Å². The molecule has 0 bridgehead atoms. The second-order valence-corrected chi connectivity index (χ2v) is 6.60. The molecule has 7 heteroatoms. The third-order valence-electron chi connectivity index (χ3n) is 4.39. The average Bonchev–Trinajstić information content (AvgIpc) is 2.63. The summed E-state index contributed by atoms with van der Waals surface area (Å²) in [6.45, 7) is 4.18. The minimum Gasteiger partial charge on any atom is -0.481 e. The maximum atomic E-state index is 13.5. The van der Waals surface area contributed by atoms with E-state index in [-0.39, 0.29) is 18.3 Å². The van der Waals surface area contributed by atoms with E-state index in [0.29, 0.717) is 31.2 Å². The summed E-state index contributed by atoms with van der Waals surface area (Å²) >= 11 is 6.08. The molecule has 0 spiro atoms. The van der Waals surface area contributed by atoms with Gasteiger partial charge < -0.3 is 14.5 Å². The molecule has 1 aliphatic rings. The molecule has 0 aliphatic carbocycles. The van der Waals surface area contributed by atoms with Gasteiger partial charge in [0.25, 0.3) is 5.91 Å². The lowest BCUT2D eigenvalue weighted by Gasteiger charge is -2.36. The minimum absolute atomic E-state index is 0.132. The lowest BCUT2D eigenvalue weighted by molar-refractivity contribution is -0.133. The quantitative estimate of drug-likeness (QED) is 0.811. The minimum atomic E-state index is -0.820. The highest BCUT2D eigenvalue weighted by Crippen LogP contribution is 2.25. The molecule has 1 heterocycles. The van der Waals surface area contributed by atoms with Gasteiger partial charge in [0.2, 0.25) is 0 Å². The van der Waals surface area contributed by atoms with Crippen molar-refractivity contribution in [2.24, 2.45) is 0 Å². The number of hydrogen-bond donors (Lipinski definition) is 0. The molecule has 0 aromatic heterocycles. The molecule has 0 atom stereocenters. The molecule has 1 saturated heterocycles. The molecule has 26 heavy (non-hydrogen) atoms. The molecule has 4 nitrogen and oxygen atoms in total. The fourth-order valence-corrected chi connectivity index (χ4v) is 3.11. The molecule has 1 aliphatic heterocycles. The first-order valence-corrected chi connectivity index (χ1v) is 8.68. The normalized spacial score (nSPS) is 14.5. The predicted molar refractivity (Wildman–Crippen MR) is 96.8 cm³/mol. The van der Waals surface area contributed by atoms with Gasteiger partial charge in [0.05, 0.1) is 0 Å². The van der Waals surface area contributed by atoms with Gasteiger partial charge >= 0.3 is 0 Å². The fraction of sp³-hybridized carbons (Fsp3) is 0.316. The van der Waals surface area contributed by atoms with Crippen LogP contribution in [0.3, 0.4) is 0 Å². The summed E-state index contributed by atoms with van der Waals surface area (Å²) in [5.41, 5.74) is 2.19. The number of benzene rings is 2. The maximum absolute atomic E-state index is 13.5. The van der Waals surface area contributed by atoms with Gasteiger partial charge in [-0.15, -0.1) is 0 Å². The Balaban J connectivity index is 1.54. The van der Waals surface area contributed by atoms with Crippen LogP contribution in [0.15, 0.2) is 36.4 Å². The molecule has 2 aromatic rings. The number of anilines is 1. The van der Waals surface area contributed by atoms with Crippen LogP contribution in [0.1, 0.15) is 5.56 Å². The van der Waals surface area contributed by atoms with E-state index in [4.69, 9.17) is 16.3 Å². The van der Waals surface area contributed by atoms with Crippen LogP contribution in [0, 0.1) is 18.6 Å². The van der Waals surface area contributed by atoms with E-state index in [9.17, 15) is 13.6 Å². The summed E-state index contributed by atoms with van der Waals surface area (Å²) < 4.78 is 31.6. The molecule has 1 fully saturated rings.